The molecule has 2 aliphatic heterocycles. The lowest BCUT2D eigenvalue weighted by atomic mass is 9.81. The maximum absolute atomic E-state index is 13.4. The van der Waals surface area contributed by atoms with E-state index < -0.39 is 0 Å². The van der Waals surface area contributed by atoms with Crippen LogP contribution >= 0.6 is 0 Å². The van der Waals surface area contributed by atoms with Gasteiger partial charge >= 0.3 is 0 Å². The number of aliphatic hydroxyl groups is 1. The van der Waals surface area contributed by atoms with Crippen molar-refractivity contribution in [2.24, 2.45) is 5.92 Å². The van der Waals surface area contributed by atoms with Crippen LogP contribution in [0.2, 0.25) is 0 Å². The van der Waals surface area contributed by atoms with Gasteiger partial charge in [0.1, 0.15) is 0 Å². The Balaban J connectivity index is 1.56. The Bertz CT molecular complexity index is 1190. The van der Waals surface area contributed by atoms with Gasteiger partial charge in [0.15, 0.2) is 0 Å². The number of hydrogen-bond donors (Lipinski definition) is 1. The van der Waals surface area contributed by atoms with Gasteiger partial charge in [-0.2, -0.15) is 0 Å². The highest BCUT2D eigenvalue weighted by Gasteiger charge is 2.47. The molecule has 4 heterocycles. The molecule has 1 aromatic carbocycles. The standard InChI is InChI=1S/C26H24N4O2/c1-29-23-9-8-18(6-7-19-4-2-11-27-15-19)14-22(23)25-21(24(29)17-31)10-13-30(25)26(32)20-5-3-12-28-16-20/h2-5,8-9,11-12,14-16,21,24-25,31H,10,13,17H2,1H3/t21-,24+,25-/m1/s1. The molecule has 1 fully saturated rings. The molecule has 2 aromatic heterocycles. The third-order valence-corrected chi connectivity index (χ3v) is 6.53. The van der Waals surface area contributed by atoms with Gasteiger partial charge in [-0.1, -0.05) is 11.8 Å². The number of carbonyl (C=O) groups is 1. The average molecular weight is 425 g/mol. The SMILES string of the molecule is CN1c2ccc(C#Cc3cccnc3)cc2[C@H]2[C@H](CCN2C(=O)c2cccnc2)[C@@H]1CO. The lowest BCUT2D eigenvalue weighted by molar-refractivity contribution is 0.0693. The maximum Gasteiger partial charge on any atom is 0.255 e. The number of nitrogens with zero attached hydrogens (tertiary/aromatic N) is 4. The summed E-state index contributed by atoms with van der Waals surface area (Å²) < 4.78 is 0. The average Bonchev–Trinajstić information content (AvgIpc) is 3.29. The van der Waals surface area contributed by atoms with E-state index in [2.05, 4.69) is 32.8 Å². The van der Waals surface area contributed by atoms with Crippen LogP contribution in [-0.2, 0) is 0 Å². The van der Waals surface area contributed by atoms with Crippen molar-refractivity contribution >= 4 is 11.6 Å². The van der Waals surface area contributed by atoms with Crippen molar-refractivity contribution in [1.29, 1.82) is 0 Å². The summed E-state index contributed by atoms with van der Waals surface area (Å²) in [5, 5.41) is 10.2. The number of hydrogen-bond acceptors (Lipinski definition) is 5. The molecule has 32 heavy (non-hydrogen) atoms. The molecule has 1 amide bonds. The molecule has 160 valence electrons. The fraction of sp³-hybridized carbons (Fsp3) is 0.269. The zero-order chi connectivity index (χ0) is 22.1. The first-order valence-corrected chi connectivity index (χ1v) is 10.8. The summed E-state index contributed by atoms with van der Waals surface area (Å²) >= 11 is 0. The van der Waals surface area contributed by atoms with Gasteiger partial charge in [0.05, 0.1) is 24.3 Å². The number of aliphatic hydroxyl groups excluding tert-OH is 1. The van der Waals surface area contributed by atoms with Crippen LogP contribution in [-0.4, -0.2) is 52.1 Å². The molecule has 0 saturated carbocycles. The van der Waals surface area contributed by atoms with Gasteiger partial charge in [0, 0.05) is 61.1 Å². The van der Waals surface area contributed by atoms with Crippen LogP contribution in [0.5, 0.6) is 0 Å². The monoisotopic (exact) mass is 424 g/mol. The Labute approximate surface area is 187 Å². The number of carbonyl (C=O) groups excluding carboxylic acids is 1. The molecule has 1 N–H and O–H groups in total. The van der Waals surface area contributed by atoms with E-state index in [1.165, 1.54) is 0 Å². The highest BCUT2D eigenvalue weighted by molar-refractivity contribution is 5.94. The number of likely N-dealkylation sites (N-methyl/N-ethyl adjacent to an activating group) is 1. The van der Waals surface area contributed by atoms with Crippen LogP contribution in [0.3, 0.4) is 0 Å². The van der Waals surface area contributed by atoms with Crippen LogP contribution < -0.4 is 4.90 Å². The molecule has 0 radical (unpaired) electrons. The highest BCUT2D eigenvalue weighted by Crippen LogP contribution is 2.49. The number of aromatic nitrogens is 2. The number of fused-ring (bicyclic) bond motifs is 3. The first-order chi connectivity index (χ1) is 15.7. The third-order valence-electron chi connectivity index (χ3n) is 6.53. The summed E-state index contributed by atoms with van der Waals surface area (Å²) in [5.41, 5.74) is 4.44. The van der Waals surface area contributed by atoms with Crippen molar-refractivity contribution in [3.05, 3.63) is 89.5 Å². The smallest absolute Gasteiger partial charge is 0.255 e. The lowest BCUT2D eigenvalue weighted by Crippen LogP contribution is -2.48. The molecule has 0 spiro atoms. The number of likely N-dealkylation sites (tertiary alicyclic amines) is 1. The molecule has 0 bridgehead atoms. The number of benzene rings is 1. The van der Waals surface area contributed by atoms with Crippen molar-refractivity contribution in [1.82, 2.24) is 14.9 Å². The van der Waals surface area contributed by atoms with E-state index in [0.717, 1.165) is 28.8 Å². The van der Waals surface area contributed by atoms with Crippen LogP contribution in [0, 0.1) is 17.8 Å². The Morgan fingerprint density at radius 1 is 1.09 bits per heavy atom. The molecule has 6 heteroatoms. The molecule has 2 aliphatic rings. The molecule has 0 unspecified atom stereocenters. The predicted octanol–water partition coefficient (Wildman–Crippen LogP) is 2.89. The number of anilines is 1. The van der Waals surface area contributed by atoms with Crippen molar-refractivity contribution in [3.8, 4) is 11.8 Å². The Kier molecular flexibility index (Phi) is 5.34. The minimum atomic E-state index is -0.105. The van der Waals surface area contributed by atoms with Crippen molar-refractivity contribution in [2.45, 2.75) is 18.5 Å². The van der Waals surface area contributed by atoms with Crippen LogP contribution in [0.15, 0.2) is 67.3 Å². The van der Waals surface area contributed by atoms with E-state index in [9.17, 15) is 9.90 Å². The zero-order valence-corrected chi connectivity index (χ0v) is 17.8. The Morgan fingerprint density at radius 3 is 2.59 bits per heavy atom. The normalized spacial score (nSPS) is 21.4. The fourth-order valence-electron chi connectivity index (χ4n) is 5.00. The molecular weight excluding hydrogens is 400 g/mol. The molecule has 3 aromatic rings. The molecule has 6 nitrogen and oxygen atoms in total. The third kappa shape index (κ3) is 3.51. The highest BCUT2D eigenvalue weighted by atomic mass is 16.3. The van der Waals surface area contributed by atoms with Gasteiger partial charge in [-0.25, -0.2) is 0 Å². The summed E-state index contributed by atoms with van der Waals surface area (Å²) in [6.45, 7) is 0.701. The van der Waals surface area contributed by atoms with E-state index in [1.54, 1.807) is 36.9 Å². The second-order valence-electron chi connectivity index (χ2n) is 8.26. The minimum Gasteiger partial charge on any atom is -0.394 e. The van der Waals surface area contributed by atoms with Crippen molar-refractivity contribution in [2.75, 3.05) is 25.1 Å². The lowest BCUT2D eigenvalue weighted by Gasteiger charge is -2.44. The summed E-state index contributed by atoms with van der Waals surface area (Å²) in [6, 6.07) is 13.4. The molecule has 1 saturated heterocycles. The number of rotatable bonds is 2. The zero-order valence-electron chi connectivity index (χ0n) is 17.8. The number of pyridine rings is 2. The van der Waals surface area contributed by atoms with E-state index >= 15 is 0 Å². The summed E-state index contributed by atoms with van der Waals surface area (Å²) in [7, 11) is 2.02. The van der Waals surface area contributed by atoms with Crippen molar-refractivity contribution in [3.63, 3.8) is 0 Å². The minimum absolute atomic E-state index is 0.0235. The molecule has 0 aliphatic carbocycles. The van der Waals surface area contributed by atoms with Gasteiger partial charge in [0.25, 0.3) is 5.91 Å². The van der Waals surface area contributed by atoms with E-state index in [0.29, 0.717) is 12.1 Å². The van der Waals surface area contributed by atoms with Gasteiger partial charge < -0.3 is 14.9 Å². The van der Waals surface area contributed by atoms with Gasteiger partial charge in [-0.15, -0.1) is 0 Å². The quantitative estimate of drug-likeness (QED) is 0.641. The largest absolute Gasteiger partial charge is 0.394 e. The van der Waals surface area contributed by atoms with Gasteiger partial charge in [0.2, 0.25) is 0 Å². The summed E-state index contributed by atoms with van der Waals surface area (Å²) in [6.07, 6.45) is 7.60. The predicted molar refractivity (Wildman–Crippen MR) is 122 cm³/mol. The van der Waals surface area contributed by atoms with E-state index in [1.807, 2.05) is 36.2 Å². The fourth-order valence-corrected chi connectivity index (χ4v) is 5.00. The Morgan fingerprint density at radius 2 is 1.88 bits per heavy atom. The van der Waals surface area contributed by atoms with Crippen LogP contribution in [0.25, 0.3) is 0 Å². The second-order valence-corrected chi connectivity index (χ2v) is 8.26. The molecule has 5 rings (SSSR count). The van der Waals surface area contributed by atoms with E-state index in [-0.39, 0.29) is 30.5 Å². The first-order valence-electron chi connectivity index (χ1n) is 10.8. The summed E-state index contributed by atoms with van der Waals surface area (Å²) in [5.74, 6) is 6.53. The van der Waals surface area contributed by atoms with Gasteiger partial charge in [-0.05, 0) is 54.4 Å². The first kappa shape index (κ1) is 20.2. The van der Waals surface area contributed by atoms with Gasteiger partial charge in [-0.3, -0.25) is 14.8 Å². The second kappa shape index (κ2) is 8.45. The van der Waals surface area contributed by atoms with Crippen LogP contribution in [0.4, 0.5) is 5.69 Å². The summed E-state index contributed by atoms with van der Waals surface area (Å²) in [4.78, 5) is 25.7. The molecule has 3 atom stereocenters. The Hall–Kier alpha value is -3.69. The van der Waals surface area contributed by atoms with Crippen molar-refractivity contribution < 1.29 is 9.90 Å². The maximum atomic E-state index is 13.4. The van der Waals surface area contributed by atoms with Crippen LogP contribution in [0.1, 0.15) is 39.5 Å². The number of amides is 1. The molecular formula is C26H24N4O2. The van der Waals surface area contributed by atoms with E-state index in [4.69, 9.17) is 0 Å². The topological polar surface area (TPSA) is 69.6 Å².